The Labute approximate surface area is 111 Å². The molecule has 2 aromatic rings. The molecule has 3 heteroatoms. The maximum Gasteiger partial charge on any atom is 0.153 e. The van der Waals surface area contributed by atoms with E-state index in [1.165, 1.54) is 0 Å². The van der Waals surface area contributed by atoms with E-state index < -0.39 is 5.56 Å². The molecule has 0 aliphatic heterocycles. The Morgan fingerprint density at radius 2 is 1.67 bits per heavy atom. The van der Waals surface area contributed by atoms with Crippen LogP contribution >= 0.6 is 11.6 Å². The lowest BCUT2D eigenvalue weighted by atomic mass is 10.2. The van der Waals surface area contributed by atoms with E-state index in [1.54, 1.807) is 24.3 Å². The highest BCUT2D eigenvalue weighted by Crippen LogP contribution is 2.19. The van der Waals surface area contributed by atoms with Crippen molar-refractivity contribution in [1.29, 1.82) is 0 Å². The minimum atomic E-state index is -0.991. The van der Waals surface area contributed by atoms with Crippen molar-refractivity contribution in [3.05, 3.63) is 65.7 Å². The van der Waals surface area contributed by atoms with Gasteiger partial charge in [0.15, 0.2) is 5.56 Å². The number of hydrogen-bond donors (Lipinski definition) is 1. The first-order valence-electron chi connectivity index (χ1n) is 5.41. The highest BCUT2D eigenvalue weighted by Gasteiger charge is 2.01. The van der Waals surface area contributed by atoms with E-state index in [9.17, 15) is 0 Å². The highest BCUT2D eigenvalue weighted by atomic mass is 35.5. The van der Waals surface area contributed by atoms with Crippen LogP contribution in [0.4, 0.5) is 0 Å². The van der Waals surface area contributed by atoms with Crippen LogP contribution in [0.25, 0.3) is 0 Å². The van der Waals surface area contributed by atoms with Crippen molar-refractivity contribution >= 4 is 11.6 Å². The van der Waals surface area contributed by atoms with Gasteiger partial charge in [-0.25, -0.2) is 0 Å². The van der Waals surface area contributed by atoms with E-state index in [0.717, 1.165) is 5.56 Å². The van der Waals surface area contributed by atoms with Gasteiger partial charge in [0.25, 0.3) is 0 Å². The van der Waals surface area contributed by atoms with Crippen LogP contribution in [-0.2, 0) is 0 Å². The summed E-state index contributed by atoms with van der Waals surface area (Å²) < 4.78 is 5.26. The molecule has 90 valence electrons. The standard InChI is InChI=1S/C15H11ClO2/c16-15(17)13-6-8-14(9-7-13)18-11-10-12-4-2-1-3-5-12/h1-9,15,17H. The minimum absolute atomic E-state index is 0.611. The summed E-state index contributed by atoms with van der Waals surface area (Å²) in [4.78, 5) is 0. The van der Waals surface area contributed by atoms with Gasteiger partial charge in [0, 0.05) is 5.56 Å². The molecule has 0 aromatic heterocycles. The molecule has 0 spiro atoms. The number of alkyl halides is 1. The summed E-state index contributed by atoms with van der Waals surface area (Å²) in [6.45, 7) is 0. The Balaban J connectivity index is 2.01. The lowest BCUT2D eigenvalue weighted by molar-refractivity contribution is 0.263. The second-order valence-corrected chi connectivity index (χ2v) is 4.01. The number of benzene rings is 2. The molecule has 1 unspecified atom stereocenters. The number of rotatable bonds is 2. The smallest absolute Gasteiger partial charge is 0.153 e. The Morgan fingerprint density at radius 1 is 1.00 bits per heavy atom. The molecule has 2 rings (SSSR count). The van der Waals surface area contributed by atoms with Crippen LogP contribution < -0.4 is 4.74 Å². The van der Waals surface area contributed by atoms with Crippen molar-refractivity contribution in [2.45, 2.75) is 5.56 Å². The van der Waals surface area contributed by atoms with E-state index in [1.807, 2.05) is 30.3 Å². The Hall–Kier alpha value is -1.95. The molecule has 0 fully saturated rings. The molecular formula is C15H11ClO2. The molecule has 2 aromatic carbocycles. The Kier molecular flexibility index (Phi) is 4.25. The first kappa shape index (κ1) is 12.5. The average Bonchev–Trinajstić information content (AvgIpc) is 2.40. The summed E-state index contributed by atoms with van der Waals surface area (Å²) in [5.41, 5.74) is 0.528. The highest BCUT2D eigenvalue weighted by molar-refractivity contribution is 6.19. The summed E-state index contributed by atoms with van der Waals surface area (Å²) in [5, 5.41) is 9.14. The molecule has 0 aliphatic carbocycles. The van der Waals surface area contributed by atoms with Gasteiger partial charge in [0.1, 0.15) is 11.9 Å². The SMILES string of the molecule is OC(Cl)c1ccc(OC#Cc2ccccc2)cc1. The van der Waals surface area contributed by atoms with Gasteiger partial charge in [-0.15, -0.1) is 0 Å². The van der Waals surface area contributed by atoms with Crippen LogP contribution in [0, 0.1) is 12.0 Å². The van der Waals surface area contributed by atoms with Crippen LogP contribution in [0.2, 0.25) is 0 Å². The molecule has 0 heterocycles. The van der Waals surface area contributed by atoms with Crippen molar-refractivity contribution in [2.24, 2.45) is 0 Å². The Bertz CT molecular complexity index is 551. The molecule has 0 bridgehead atoms. The first-order valence-corrected chi connectivity index (χ1v) is 5.84. The maximum absolute atomic E-state index is 9.14. The van der Waals surface area contributed by atoms with Crippen LogP contribution in [0.3, 0.4) is 0 Å². The molecule has 0 saturated carbocycles. The lowest BCUT2D eigenvalue weighted by Crippen LogP contribution is -1.88. The fraction of sp³-hybridized carbons (Fsp3) is 0.0667. The predicted molar refractivity (Wildman–Crippen MR) is 71.2 cm³/mol. The quantitative estimate of drug-likeness (QED) is 0.662. The van der Waals surface area contributed by atoms with E-state index in [2.05, 4.69) is 12.0 Å². The van der Waals surface area contributed by atoms with E-state index in [4.69, 9.17) is 21.4 Å². The van der Waals surface area contributed by atoms with Gasteiger partial charge in [0.05, 0.1) is 0 Å². The summed E-state index contributed by atoms with van der Waals surface area (Å²) in [6, 6.07) is 16.4. The summed E-state index contributed by atoms with van der Waals surface area (Å²) in [7, 11) is 0. The lowest BCUT2D eigenvalue weighted by Gasteiger charge is -2.02. The van der Waals surface area contributed by atoms with Gasteiger partial charge >= 0.3 is 0 Å². The zero-order valence-corrected chi connectivity index (χ0v) is 10.3. The summed E-state index contributed by atoms with van der Waals surface area (Å²) in [6.07, 6.45) is 2.62. The van der Waals surface area contributed by atoms with Crippen molar-refractivity contribution in [2.75, 3.05) is 0 Å². The molecule has 0 saturated heterocycles. The number of aliphatic hydroxyl groups excluding tert-OH is 1. The number of halogens is 1. The molecule has 18 heavy (non-hydrogen) atoms. The van der Waals surface area contributed by atoms with Crippen molar-refractivity contribution in [1.82, 2.24) is 0 Å². The van der Waals surface area contributed by atoms with Crippen LogP contribution in [0.5, 0.6) is 5.75 Å². The third-order valence-corrected chi connectivity index (χ3v) is 2.55. The van der Waals surface area contributed by atoms with Gasteiger partial charge < -0.3 is 9.84 Å². The summed E-state index contributed by atoms with van der Waals surface area (Å²) in [5.74, 6) is 3.49. The molecule has 1 N–H and O–H groups in total. The fourth-order valence-corrected chi connectivity index (χ4v) is 1.51. The normalized spacial score (nSPS) is 11.2. The van der Waals surface area contributed by atoms with Crippen LogP contribution in [0.15, 0.2) is 54.6 Å². The van der Waals surface area contributed by atoms with Gasteiger partial charge in [0.2, 0.25) is 0 Å². The van der Waals surface area contributed by atoms with Crippen LogP contribution in [-0.4, -0.2) is 5.11 Å². The van der Waals surface area contributed by atoms with Crippen molar-refractivity contribution in [3.8, 4) is 17.8 Å². The summed E-state index contributed by atoms with van der Waals surface area (Å²) >= 11 is 5.53. The third-order valence-electron chi connectivity index (χ3n) is 2.29. The van der Waals surface area contributed by atoms with Crippen molar-refractivity contribution < 1.29 is 9.84 Å². The molecule has 0 aliphatic rings. The molecule has 0 amide bonds. The second kappa shape index (κ2) is 6.11. The number of ether oxygens (including phenoxy) is 1. The van der Waals surface area contributed by atoms with Crippen molar-refractivity contribution in [3.63, 3.8) is 0 Å². The number of aliphatic hydroxyl groups is 1. The Morgan fingerprint density at radius 3 is 2.28 bits per heavy atom. The third kappa shape index (κ3) is 3.53. The predicted octanol–water partition coefficient (Wildman–Crippen LogP) is 3.30. The van der Waals surface area contributed by atoms with E-state index in [0.29, 0.717) is 11.3 Å². The molecule has 1 atom stereocenters. The topological polar surface area (TPSA) is 29.5 Å². The zero-order valence-electron chi connectivity index (χ0n) is 9.51. The average molecular weight is 259 g/mol. The van der Waals surface area contributed by atoms with E-state index in [-0.39, 0.29) is 0 Å². The van der Waals surface area contributed by atoms with Gasteiger partial charge in [-0.1, -0.05) is 41.9 Å². The number of hydrogen-bond acceptors (Lipinski definition) is 2. The first-order chi connectivity index (χ1) is 8.75. The molecular weight excluding hydrogens is 248 g/mol. The second-order valence-electron chi connectivity index (χ2n) is 3.60. The van der Waals surface area contributed by atoms with E-state index >= 15 is 0 Å². The monoisotopic (exact) mass is 258 g/mol. The van der Waals surface area contributed by atoms with Crippen LogP contribution in [0.1, 0.15) is 16.7 Å². The zero-order chi connectivity index (χ0) is 12.8. The molecule has 2 nitrogen and oxygen atoms in total. The van der Waals surface area contributed by atoms with Gasteiger partial charge in [-0.3, -0.25) is 0 Å². The molecule has 0 radical (unpaired) electrons. The largest absolute Gasteiger partial charge is 0.407 e. The fourth-order valence-electron chi connectivity index (χ4n) is 1.36. The van der Waals surface area contributed by atoms with Gasteiger partial charge in [-0.05, 0) is 35.7 Å². The van der Waals surface area contributed by atoms with Gasteiger partial charge in [-0.2, -0.15) is 0 Å². The maximum atomic E-state index is 9.14. The minimum Gasteiger partial charge on any atom is -0.407 e.